The molecule has 0 aliphatic rings. The summed E-state index contributed by atoms with van der Waals surface area (Å²) in [5, 5.41) is 8.72. The molecule has 1 rings (SSSR count). The van der Waals surface area contributed by atoms with Crippen LogP contribution in [0.3, 0.4) is 0 Å². The molecule has 0 saturated heterocycles. The van der Waals surface area contributed by atoms with E-state index in [1.165, 1.54) is 73.3 Å². The van der Waals surface area contributed by atoms with Gasteiger partial charge in [0.15, 0.2) is 0 Å². The molecule has 0 saturated carbocycles. The number of rotatable bonds is 14. The van der Waals surface area contributed by atoms with Gasteiger partial charge in [-0.25, -0.2) is 0 Å². The normalized spacial score (nSPS) is 12.2. The zero-order chi connectivity index (χ0) is 17.6. The van der Waals surface area contributed by atoms with Gasteiger partial charge in [-0.2, -0.15) is 0 Å². The summed E-state index contributed by atoms with van der Waals surface area (Å²) in [6, 6.07) is 8.88. The first-order valence-electron chi connectivity index (χ1n) is 9.54. The Kier molecular flexibility index (Phi) is 12.2. The molecule has 0 aromatic heterocycles. The predicted octanol–water partition coefficient (Wildman–Crippen LogP) is 6.85. The maximum atomic E-state index is 10.6. The Morgan fingerprint density at radius 1 is 0.917 bits per heavy atom. The van der Waals surface area contributed by atoms with Crippen LogP contribution in [0.1, 0.15) is 83.1 Å². The molecule has 1 aromatic rings. The topological polar surface area (TPSA) is 37.3 Å². The summed E-state index contributed by atoms with van der Waals surface area (Å²) in [7, 11) is 0. The second-order valence-electron chi connectivity index (χ2n) is 7.05. The highest BCUT2D eigenvalue weighted by atomic mass is 123. The van der Waals surface area contributed by atoms with Crippen LogP contribution in [0.25, 0.3) is 0 Å². The third-order valence-corrected chi connectivity index (χ3v) is 5.32. The van der Waals surface area contributed by atoms with Crippen molar-refractivity contribution in [2.24, 2.45) is 5.92 Å². The van der Waals surface area contributed by atoms with Crippen molar-refractivity contribution in [1.82, 2.24) is 0 Å². The molecule has 0 radical (unpaired) electrons. The Morgan fingerprint density at radius 2 is 1.42 bits per heavy atom. The molecule has 0 aliphatic carbocycles. The summed E-state index contributed by atoms with van der Waals surface area (Å²) in [6.45, 7) is 2.05. The molecule has 0 spiro atoms. The van der Waals surface area contributed by atoms with Gasteiger partial charge in [-0.15, -0.1) is 0 Å². The van der Waals surface area contributed by atoms with Crippen LogP contribution in [0.5, 0.6) is 0 Å². The Bertz CT molecular complexity index is 442. The van der Waals surface area contributed by atoms with Gasteiger partial charge in [0.1, 0.15) is 0 Å². The summed E-state index contributed by atoms with van der Waals surface area (Å²) < 4.78 is 1.31. The van der Waals surface area contributed by atoms with Crippen molar-refractivity contribution in [3.05, 3.63) is 33.4 Å². The largest absolute Gasteiger partial charge is 0.481 e. The second kappa shape index (κ2) is 13.7. The molecule has 2 nitrogen and oxygen atoms in total. The lowest BCUT2D eigenvalue weighted by atomic mass is 9.99. The van der Waals surface area contributed by atoms with E-state index in [1.54, 1.807) is 0 Å². The van der Waals surface area contributed by atoms with Gasteiger partial charge in [0, 0.05) is 9.99 Å². The molecule has 0 aliphatic heterocycles. The van der Waals surface area contributed by atoms with Crippen LogP contribution in [-0.4, -0.2) is 11.1 Å². The molecule has 136 valence electrons. The predicted molar refractivity (Wildman–Crippen MR) is 110 cm³/mol. The highest BCUT2D eigenvalue weighted by molar-refractivity contribution is 14.1. The maximum absolute atomic E-state index is 10.6. The fourth-order valence-corrected chi connectivity index (χ4v) is 3.47. The number of aliphatic carboxylic acids is 1. The highest BCUT2D eigenvalue weighted by Gasteiger charge is 2.06. The molecular weight excluding hydrogens is 407 g/mol. The average molecular weight is 440 g/mol. The fourth-order valence-electron chi connectivity index (χ4n) is 3.11. The zero-order valence-electron chi connectivity index (χ0n) is 15.1. The monoisotopic (exact) mass is 440 g/mol. The smallest absolute Gasteiger partial charge is 0.303 e. The molecule has 24 heavy (non-hydrogen) atoms. The van der Waals surface area contributed by atoms with Gasteiger partial charge in [-0.1, -0.05) is 76.8 Å². The number of unbranched alkanes of at least 4 members (excludes halogenated alkanes) is 8. The van der Waals surface area contributed by atoms with Crippen LogP contribution in [-0.2, 0) is 11.2 Å². The van der Waals surface area contributed by atoms with E-state index in [4.69, 9.17) is 5.11 Å². The van der Waals surface area contributed by atoms with Gasteiger partial charge >= 0.3 is 5.97 Å². The minimum atomic E-state index is -0.662. The van der Waals surface area contributed by atoms with Crippen molar-refractivity contribution in [3.8, 4) is 0 Å². The van der Waals surface area contributed by atoms with E-state index in [0.717, 1.165) is 6.42 Å². The summed E-state index contributed by atoms with van der Waals surface area (Å²) in [6.07, 6.45) is 14.4. The van der Waals surface area contributed by atoms with Crippen molar-refractivity contribution < 1.29 is 9.90 Å². The first kappa shape index (κ1) is 21.5. The van der Waals surface area contributed by atoms with E-state index in [1.807, 2.05) is 6.92 Å². The Labute approximate surface area is 161 Å². The molecule has 1 N–H and O–H groups in total. The quantitative estimate of drug-likeness (QED) is 0.254. The number of aryl methyl sites for hydroxylation is 1. The molecule has 1 atom stereocenters. The van der Waals surface area contributed by atoms with Crippen LogP contribution in [0, 0.1) is 9.49 Å². The number of carboxylic acid groups (broad SMARTS) is 1. The van der Waals surface area contributed by atoms with Crippen molar-refractivity contribution in [2.75, 3.05) is 0 Å². The maximum Gasteiger partial charge on any atom is 0.303 e. The van der Waals surface area contributed by atoms with Gasteiger partial charge in [0.25, 0.3) is 0 Å². The Morgan fingerprint density at radius 3 is 1.96 bits per heavy atom. The molecular formula is C21H33IO2. The van der Waals surface area contributed by atoms with Crippen LogP contribution in [0.4, 0.5) is 0 Å². The molecule has 3 heteroatoms. The summed E-state index contributed by atoms with van der Waals surface area (Å²) in [4.78, 5) is 10.6. The van der Waals surface area contributed by atoms with Gasteiger partial charge in [-0.3, -0.25) is 4.79 Å². The van der Waals surface area contributed by atoms with E-state index < -0.39 is 5.97 Å². The molecule has 1 aromatic carbocycles. The lowest BCUT2D eigenvalue weighted by Gasteiger charge is -2.08. The van der Waals surface area contributed by atoms with Crippen LogP contribution < -0.4 is 0 Å². The number of hydrogen-bond acceptors (Lipinski definition) is 1. The third-order valence-electron chi connectivity index (χ3n) is 4.60. The Hall–Kier alpha value is -0.580. The minimum absolute atomic E-state index is 0.322. The molecule has 1 unspecified atom stereocenters. The number of carbonyl (C=O) groups is 1. The number of benzene rings is 1. The molecule has 0 amide bonds. The minimum Gasteiger partial charge on any atom is -0.481 e. The van der Waals surface area contributed by atoms with Gasteiger partial charge in [-0.05, 0) is 59.0 Å². The molecule has 0 bridgehead atoms. The summed E-state index contributed by atoms with van der Waals surface area (Å²) in [5.41, 5.74) is 1.47. The van der Waals surface area contributed by atoms with E-state index in [-0.39, 0.29) is 0 Å². The standard InChI is InChI=1S/C21H33IO2/c1-18(17-21(23)24)11-9-7-5-3-2-4-6-8-10-12-19-13-15-20(22)16-14-19/h13-16,18H,2-12,17H2,1H3,(H,23,24)/i22-4. The molecule has 0 fully saturated rings. The van der Waals surface area contributed by atoms with E-state index in [9.17, 15) is 4.79 Å². The van der Waals surface area contributed by atoms with E-state index >= 15 is 0 Å². The van der Waals surface area contributed by atoms with Crippen LogP contribution in [0.15, 0.2) is 24.3 Å². The second-order valence-corrected chi connectivity index (χ2v) is 8.30. The lowest BCUT2D eigenvalue weighted by Crippen LogP contribution is -2.03. The zero-order valence-corrected chi connectivity index (χ0v) is 17.3. The number of hydrogen-bond donors (Lipinski definition) is 1. The fraction of sp³-hybridized carbons (Fsp3) is 0.667. The van der Waals surface area contributed by atoms with Gasteiger partial charge in [0.05, 0.1) is 0 Å². The lowest BCUT2D eigenvalue weighted by molar-refractivity contribution is -0.138. The van der Waals surface area contributed by atoms with Crippen LogP contribution >= 0.6 is 22.6 Å². The van der Waals surface area contributed by atoms with Gasteiger partial charge in [0.2, 0.25) is 0 Å². The van der Waals surface area contributed by atoms with Crippen LogP contribution in [0.2, 0.25) is 0 Å². The van der Waals surface area contributed by atoms with Crippen molar-refractivity contribution >= 4 is 28.6 Å². The summed E-state index contributed by atoms with van der Waals surface area (Å²) in [5.74, 6) is -0.333. The third kappa shape index (κ3) is 11.9. The average Bonchev–Trinajstić information content (AvgIpc) is 2.53. The summed E-state index contributed by atoms with van der Waals surface area (Å²) >= 11 is 2.35. The van der Waals surface area contributed by atoms with Crippen molar-refractivity contribution in [1.29, 1.82) is 0 Å². The van der Waals surface area contributed by atoms with Crippen molar-refractivity contribution in [2.45, 2.75) is 84.0 Å². The number of carboxylic acids is 1. The molecule has 0 heterocycles. The number of halogens is 1. The van der Waals surface area contributed by atoms with E-state index in [0.29, 0.717) is 12.3 Å². The first-order chi connectivity index (χ1) is 11.6. The Balaban J connectivity index is 1.84. The van der Waals surface area contributed by atoms with Crippen molar-refractivity contribution in [3.63, 3.8) is 0 Å². The van der Waals surface area contributed by atoms with E-state index in [2.05, 4.69) is 46.9 Å². The first-order valence-corrected chi connectivity index (χ1v) is 10.6. The SMILES string of the molecule is CC(CCCCCCCCCCCc1ccc([123I])cc1)CC(=O)O. The van der Waals surface area contributed by atoms with Gasteiger partial charge < -0.3 is 5.11 Å². The highest BCUT2D eigenvalue weighted by Crippen LogP contribution is 2.16.